The first kappa shape index (κ1) is 8.92. The van der Waals surface area contributed by atoms with Crippen molar-refractivity contribution in [3.8, 4) is 0 Å². The van der Waals surface area contributed by atoms with Crippen molar-refractivity contribution in [1.82, 2.24) is 9.97 Å². The largest absolute Gasteiger partial charge is 0.381 e. The van der Waals surface area contributed by atoms with Crippen LogP contribution in [0.2, 0.25) is 0 Å². The zero-order valence-corrected chi connectivity index (χ0v) is 8.79. The number of H-pyrrole nitrogens is 1. The quantitative estimate of drug-likeness (QED) is 0.771. The fourth-order valence-corrected chi connectivity index (χ4v) is 2.29. The standard InChI is InChI=1S/C12H14N2O/c1-8-13-11-4-2-3-10(12(11)14-8)9-5-6-15-7-9/h2-4,9H,5-7H2,1H3,(H,13,14). The fraction of sp³-hybridized carbons (Fsp3) is 0.417. The van der Waals surface area contributed by atoms with Crippen LogP contribution in [-0.4, -0.2) is 23.2 Å². The molecule has 0 saturated carbocycles. The van der Waals surface area contributed by atoms with Crippen LogP contribution in [0, 0.1) is 6.92 Å². The number of para-hydroxylation sites is 1. The van der Waals surface area contributed by atoms with Crippen molar-refractivity contribution in [2.45, 2.75) is 19.3 Å². The molecule has 0 spiro atoms. The molecule has 1 unspecified atom stereocenters. The van der Waals surface area contributed by atoms with Crippen molar-refractivity contribution in [2.75, 3.05) is 13.2 Å². The molecular weight excluding hydrogens is 188 g/mol. The van der Waals surface area contributed by atoms with Crippen molar-refractivity contribution >= 4 is 11.0 Å². The van der Waals surface area contributed by atoms with E-state index < -0.39 is 0 Å². The lowest BCUT2D eigenvalue weighted by Crippen LogP contribution is -1.98. The third-order valence-corrected chi connectivity index (χ3v) is 3.03. The molecule has 3 heteroatoms. The Balaban J connectivity index is 2.16. The number of aromatic nitrogens is 2. The van der Waals surface area contributed by atoms with Gasteiger partial charge in [-0.05, 0) is 25.0 Å². The van der Waals surface area contributed by atoms with Crippen LogP contribution in [0.1, 0.15) is 23.7 Å². The van der Waals surface area contributed by atoms with Crippen LogP contribution >= 0.6 is 0 Å². The van der Waals surface area contributed by atoms with E-state index in [0.29, 0.717) is 5.92 Å². The maximum absolute atomic E-state index is 5.43. The van der Waals surface area contributed by atoms with Gasteiger partial charge in [-0.2, -0.15) is 0 Å². The van der Waals surface area contributed by atoms with E-state index >= 15 is 0 Å². The summed E-state index contributed by atoms with van der Waals surface area (Å²) < 4.78 is 5.43. The fourth-order valence-electron chi connectivity index (χ4n) is 2.29. The summed E-state index contributed by atoms with van der Waals surface area (Å²) in [6.07, 6.45) is 1.12. The van der Waals surface area contributed by atoms with Crippen LogP contribution in [0.5, 0.6) is 0 Å². The number of aryl methyl sites for hydroxylation is 1. The topological polar surface area (TPSA) is 37.9 Å². The number of hydrogen-bond acceptors (Lipinski definition) is 2. The lowest BCUT2D eigenvalue weighted by Gasteiger charge is -2.07. The van der Waals surface area contributed by atoms with Crippen molar-refractivity contribution in [3.05, 3.63) is 29.6 Å². The number of rotatable bonds is 1. The Kier molecular flexibility index (Phi) is 1.99. The Labute approximate surface area is 88.5 Å². The highest BCUT2D eigenvalue weighted by Crippen LogP contribution is 2.29. The van der Waals surface area contributed by atoms with Crippen molar-refractivity contribution in [2.24, 2.45) is 0 Å². The Bertz CT molecular complexity index is 483. The number of nitrogens with zero attached hydrogens (tertiary/aromatic N) is 1. The summed E-state index contributed by atoms with van der Waals surface area (Å²) in [6, 6.07) is 6.34. The number of ether oxygens (including phenoxy) is 1. The third-order valence-electron chi connectivity index (χ3n) is 3.03. The molecule has 1 aromatic carbocycles. The van der Waals surface area contributed by atoms with E-state index in [2.05, 4.69) is 28.2 Å². The van der Waals surface area contributed by atoms with Crippen molar-refractivity contribution in [3.63, 3.8) is 0 Å². The third kappa shape index (κ3) is 1.43. The number of imidazole rings is 1. The van der Waals surface area contributed by atoms with Gasteiger partial charge < -0.3 is 9.72 Å². The van der Waals surface area contributed by atoms with Gasteiger partial charge in [0.25, 0.3) is 0 Å². The van der Waals surface area contributed by atoms with Gasteiger partial charge >= 0.3 is 0 Å². The van der Waals surface area contributed by atoms with Crippen LogP contribution in [0.3, 0.4) is 0 Å². The molecule has 1 aliphatic heterocycles. The van der Waals surface area contributed by atoms with E-state index in [9.17, 15) is 0 Å². The predicted octanol–water partition coefficient (Wildman–Crippen LogP) is 2.38. The average molecular weight is 202 g/mol. The molecule has 0 aliphatic carbocycles. The predicted molar refractivity (Wildman–Crippen MR) is 59.0 cm³/mol. The van der Waals surface area contributed by atoms with Gasteiger partial charge in [0.15, 0.2) is 0 Å². The Hall–Kier alpha value is -1.35. The van der Waals surface area contributed by atoms with Gasteiger partial charge in [0.2, 0.25) is 0 Å². The Morgan fingerprint density at radius 1 is 1.47 bits per heavy atom. The molecule has 1 saturated heterocycles. The molecule has 1 aliphatic rings. The summed E-state index contributed by atoms with van der Waals surface area (Å²) in [5, 5.41) is 0. The van der Waals surface area contributed by atoms with Gasteiger partial charge in [-0.1, -0.05) is 12.1 Å². The van der Waals surface area contributed by atoms with Gasteiger partial charge in [-0.15, -0.1) is 0 Å². The summed E-state index contributed by atoms with van der Waals surface area (Å²) >= 11 is 0. The molecule has 78 valence electrons. The number of hydrogen-bond donors (Lipinski definition) is 1. The maximum atomic E-state index is 5.43. The molecule has 15 heavy (non-hydrogen) atoms. The molecule has 3 rings (SSSR count). The van der Waals surface area contributed by atoms with Gasteiger partial charge in [-0.25, -0.2) is 4.98 Å². The molecule has 1 N–H and O–H groups in total. The SMILES string of the molecule is Cc1nc2c(C3CCOC3)cccc2[nH]1. The number of fused-ring (bicyclic) bond motifs is 1. The molecule has 1 atom stereocenters. The second-order valence-electron chi connectivity index (χ2n) is 4.13. The van der Waals surface area contributed by atoms with E-state index in [-0.39, 0.29) is 0 Å². The molecule has 2 aromatic rings. The van der Waals surface area contributed by atoms with E-state index in [1.165, 1.54) is 5.56 Å². The summed E-state index contributed by atoms with van der Waals surface area (Å²) in [7, 11) is 0. The van der Waals surface area contributed by atoms with E-state index in [1.54, 1.807) is 0 Å². The van der Waals surface area contributed by atoms with Gasteiger partial charge in [-0.3, -0.25) is 0 Å². The van der Waals surface area contributed by atoms with Crippen LogP contribution in [-0.2, 0) is 4.74 Å². The monoisotopic (exact) mass is 202 g/mol. The van der Waals surface area contributed by atoms with Crippen LogP contribution in [0.15, 0.2) is 18.2 Å². The molecule has 3 nitrogen and oxygen atoms in total. The zero-order valence-electron chi connectivity index (χ0n) is 8.79. The van der Waals surface area contributed by atoms with Crippen LogP contribution < -0.4 is 0 Å². The average Bonchev–Trinajstić information content (AvgIpc) is 2.82. The highest BCUT2D eigenvalue weighted by Gasteiger charge is 2.20. The minimum absolute atomic E-state index is 0.524. The first-order valence-corrected chi connectivity index (χ1v) is 5.37. The number of nitrogens with one attached hydrogen (secondary N) is 1. The Morgan fingerprint density at radius 3 is 3.20 bits per heavy atom. The molecular formula is C12H14N2O. The van der Waals surface area contributed by atoms with Crippen molar-refractivity contribution < 1.29 is 4.74 Å². The second-order valence-corrected chi connectivity index (χ2v) is 4.13. The molecule has 0 bridgehead atoms. The highest BCUT2D eigenvalue weighted by molar-refractivity contribution is 5.79. The van der Waals surface area contributed by atoms with Gasteiger partial charge in [0.1, 0.15) is 5.82 Å². The van der Waals surface area contributed by atoms with Crippen LogP contribution in [0.4, 0.5) is 0 Å². The van der Waals surface area contributed by atoms with Crippen LogP contribution in [0.25, 0.3) is 11.0 Å². The maximum Gasteiger partial charge on any atom is 0.104 e. The molecule has 1 fully saturated rings. The summed E-state index contributed by atoms with van der Waals surface area (Å²) in [5.41, 5.74) is 3.58. The van der Waals surface area contributed by atoms with E-state index in [4.69, 9.17) is 4.74 Å². The summed E-state index contributed by atoms with van der Waals surface area (Å²) in [5.74, 6) is 1.51. The summed E-state index contributed by atoms with van der Waals surface area (Å²) in [6.45, 7) is 3.71. The Morgan fingerprint density at radius 2 is 2.40 bits per heavy atom. The van der Waals surface area contributed by atoms with Gasteiger partial charge in [0, 0.05) is 12.5 Å². The van der Waals surface area contributed by atoms with Gasteiger partial charge in [0.05, 0.1) is 17.6 Å². The normalized spacial score (nSPS) is 21.3. The lowest BCUT2D eigenvalue weighted by molar-refractivity contribution is 0.194. The number of aromatic amines is 1. The van der Waals surface area contributed by atoms with E-state index in [1.807, 2.05) is 6.92 Å². The number of benzene rings is 1. The smallest absolute Gasteiger partial charge is 0.104 e. The first-order valence-electron chi connectivity index (χ1n) is 5.37. The van der Waals surface area contributed by atoms with E-state index in [0.717, 1.165) is 36.5 Å². The lowest BCUT2D eigenvalue weighted by atomic mass is 9.97. The minimum Gasteiger partial charge on any atom is -0.381 e. The van der Waals surface area contributed by atoms with Crippen molar-refractivity contribution in [1.29, 1.82) is 0 Å². The molecule has 2 heterocycles. The zero-order chi connectivity index (χ0) is 10.3. The summed E-state index contributed by atoms with van der Waals surface area (Å²) in [4.78, 5) is 7.82. The molecule has 0 amide bonds. The first-order chi connectivity index (χ1) is 7.34. The molecule has 0 radical (unpaired) electrons. The second kappa shape index (κ2) is 3.35. The minimum atomic E-state index is 0.524. The highest BCUT2D eigenvalue weighted by atomic mass is 16.5. The molecule has 1 aromatic heterocycles.